The van der Waals surface area contributed by atoms with Gasteiger partial charge in [0.05, 0.1) is 0 Å². The lowest BCUT2D eigenvalue weighted by Crippen LogP contribution is -2.47. The van der Waals surface area contributed by atoms with Gasteiger partial charge in [0, 0.05) is 44.5 Å². The second-order valence-corrected chi connectivity index (χ2v) is 6.27. The first-order chi connectivity index (χ1) is 12.5. The molecule has 3 rings (SSSR count). The molecule has 1 aromatic heterocycles. The number of rotatable bonds is 5. The third kappa shape index (κ3) is 4.58. The van der Waals surface area contributed by atoms with E-state index in [9.17, 15) is 4.79 Å². The number of hydrogen-bond acceptors (Lipinski definition) is 8. The summed E-state index contributed by atoms with van der Waals surface area (Å²) in [6.07, 6.45) is 1.47. The number of carbonyl (C=O) groups is 1. The molecular weight excluding hydrogens is 332 g/mol. The molecule has 0 unspecified atom stereocenters. The molecule has 2 heterocycles. The van der Waals surface area contributed by atoms with Crippen LogP contribution < -0.4 is 21.8 Å². The maximum atomic E-state index is 11.1. The first-order valence-electron chi connectivity index (χ1n) is 8.46. The topological polar surface area (TPSA) is 111 Å². The Morgan fingerprint density at radius 2 is 1.65 bits per heavy atom. The number of nitrogens with zero attached hydrogens (tertiary/aromatic N) is 4. The third-order valence-corrected chi connectivity index (χ3v) is 4.12. The van der Waals surface area contributed by atoms with Crippen molar-refractivity contribution in [3.63, 3.8) is 0 Å². The van der Waals surface area contributed by atoms with Gasteiger partial charge in [-0.3, -0.25) is 4.79 Å². The van der Waals surface area contributed by atoms with Gasteiger partial charge in [0.2, 0.25) is 5.91 Å². The van der Waals surface area contributed by atoms with Gasteiger partial charge >= 0.3 is 0 Å². The van der Waals surface area contributed by atoms with Gasteiger partial charge in [-0.2, -0.15) is 0 Å². The van der Waals surface area contributed by atoms with Crippen LogP contribution in [-0.2, 0) is 4.79 Å². The predicted molar refractivity (Wildman–Crippen MR) is 103 cm³/mol. The number of carbonyl (C=O) groups excluding carboxylic acids is 1. The van der Waals surface area contributed by atoms with Crippen LogP contribution in [0.5, 0.6) is 0 Å². The fraction of sp³-hybridized carbons (Fsp3) is 0.353. The number of hydrogen-bond donors (Lipinski definition) is 4. The SMILES string of the molecule is CC(=O)Nc1ccc(Nc2ncnc(NN3CCN(C)CC3)c2N)cc1. The van der Waals surface area contributed by atoms with Gasteiger partial charge in [-0.05, 0) is 31.3 Å². The molecule has 0 atom stereocenters. The van der Waals surface area contributed by atoms with Gasteiger partial charge in [-0.1, -0.05) is 0 Å². The van der Waals surface area contributed by atoms with Crippen molar-refractivity contribution < 1.29 is 4.79 Å². The summed E-state index contributed by atoms with van der Waals surface area (Å²) < 4.78 is 0. The highest BCUT2D eigenvalue weighted by Crippen LogP contribution is 2.26. The molecule has 9 nitrogen and oxygen atoms in total. The van der Waals surface area contributed by atoms with Crippen molar-refractivity contribution >= 4 is 34.6 Å². The van der Waals surface area contributed by atoms with Crippen molar-refractivity contribution in [3.05, 3.63) is 30.6 Å². The fourth-order valence-corrected chi connectivity index (χ4v) is 2.63. The zero-order valence-corrected chi connectivity index (χ0v) is 15.0. The van der Waals surface area contributed by atoms with E-state index in [4.69, 9.17) is 5.73 Å². The zero-order chi connectivity index (χ0) is 18.5. The van der Waals surface area contributed by atoms with Crippen LogP contribution >= 0.6 is 0 Å². The number of anilines is 5. The van der Waals surface area contributed by atoms with Crippen LogP contribution in [0.25, 0.3) is 0 Å². The van der Waals surface area contributed by atoms with E-state index in [0.717, 1.165) is 37.6 Å². The number of aromatic nitrogens is 2. The van der Waals surface area contributed by atoms with E-state index in [1.54, 1.807) is 0 Å². The van der Waals surface area contributed by atoms with Crippen molar-refractivity contribution in [1.82, 2.24) is 19.9 Å². The number of piperazine rings is 1. The minimum absolute atomic E-state index is 0.106. The van der Waals surface area contributed by atoms with Crippen LogP contribution in [0.3, 0.4) is 0 Å². The summed E-state index contributed by atoms with van der Waals surface area (Å²) >= 11 is 0. The van der Waals surface area contributed by atoms with Gasteiger partial charge in [0.1, 0.15) is 12.0 Å². The standard InChI is InChI=1S/C17H24N8O/c1-12(26)21-13-3-5-14(6-4-13)22-16-15(18)17(20-11-19-16)23-25-9-7-24(2)8-10-25/h3-6,11H,7-10,18H2,1-2H3,(H,21,26)(H2,19,20,22,23). The Hall–Kier alpha value is -2.91. The number of benzene rings is 1. The molecular formula is C17H24N8O. The largest absolute Gasteiger partial charge is 0.393 e. The lowest BCUT2D eigenvalue weighted by Gasteiger charge is -2.32. The summed E-state index contributed by atoms with van der Waals surface area (Å²) in [6.45, 7) is 5.25. The summed E-state index contributed by atoms with van der Waals surface area (Å²) in [5.74, 6) is 1.01. The molecule has 1 fully saturated rings. The zero-order valence-electron chi connectivity index (χ0n) is 15.0. The van der Waals surface area contributed by atoms with Crippen molar-refractivity contribution in [2.24, 2.45) is 0 Å². The Morgan fingerprint density at radius 3 is 2.31 bits per heavy atom. The highest BCUT2D eigenvalue weighted by atomic mass is 16.1. The van der Waals surface area contributed by atoms with Gasteiger partial charge in [-0.15, -0.1) is 0 Å². The number of amides is 1. The number of hydrazine groups is 1. The Morgan fingerprint density at radius 1 is 1.04 bits per heavy atom. The molecule has 1 aliphatic rings. The highest BCUT2D eigenvalue weighted by Gasteiger charge is 2.16. The molecule has 1 amide bonds. The van der Waals surface area contributed by atoms with Crippen molar-refractivity contribution in [2.75, 3.05) is 55.0 Å². The van der Waals surface area contributed by atoms with E-state index < -0.39 is 0 Å². The van der Waals surface area contributed by atoms with Crippen molar-refractivity contribution in [1.29, 1.82) is 0 Å². The highest BCUT2D eigenvalue weighted by molar-refractivity contribution is 5.89. The Kier molecular flexibility index (Phi) is 5.49. The van der Waals surface area contributed by atoms with E-state index in [-0.39, 0.29) is 5.91 Å². The molecule has 5 N–H and O–H groups in total. The van der Waals surface area contributed by atoms with Gasteiger partial charge in [0.25, 0.3) is 0 Å². The van der Waals surface area contributed by atoms with E-state index >= 15 is 0 Å². The lowest BCUT2D eigenvalue weighted by atomic mass is 10.2. The molecule has 2 aromatic rings. The average Bonchev–Trinajstić information content (AvgIpc) is 2.61. The van der Waals surface area contributed by atoms with Gasteiger partial charge in [-0.25, -0.2) is 15.0 Å². The molecule has 26 heavy (non-hydrogen) atoms. The summed E-state index contributed by atoms with van der Waals surface area (Å²) in [5, 5.41) is 8.01. The maximum absolute atomic E-state index is 11.1. The monoisotopic (exact) mass is 356 g/mol. The lowest BCUT2D eigenvalue weighted by molar-refractivity contribution is -0.114. The molecule has 0 radical (unpaired) electrons. The summed E-state index contributed by atoms with van der Waals surface area (Å²) in [7, 11) is 2.11. The normalized spacial score (nSPS) is 15.5. The van der Waals surface area contributed by atoms with E-state index in [2.05, 4.69) is 43.0 Å². The Balaban J connectivity index is 1.67. The minimum atomic E-state index is -0.106. The van der Waals surface area contributed by atoms with Crippen LogP contribution in [0.4, 0.5) is 28.7 Å². The molecule has 0 spiro atoms. The average molecular weight is 356 g/mol. The molecule has 1 aliphatic heterocycles. The molecule has 9 heteroatoms. The number of nitrogen functional groups attached to an aromatic ring is 1. The fourth-order valence-electron chi connectivity index (χ4n) is 2.63. The van der Waals surface area contributed by atoms with Gasteiger partial charge < -0.3 is 26.7 Å². The summed E-state index contributed by atoms with van der Waals surface area (Å²) in [5.41, 5.74) is 11.5. The van der Waals surface area contributed by atoms with E-state index in [0.29, 0.717) is 17.3 Å². The third-order valence-electron chi connectivity index (χ3n) is 4.12. The molecule has 0 aliphatic carbocycles. The first-order valence-corrected chi connectivity index (χ1v) is 8.46. The molecule has 1 saturated heterocycles. The smallest absolute Gasteiger partial charge is 0.221 e. The Labute approximate surface area is 152 Å². The van der Waals surface area contributed by atoms with E-state index in [1.165, 1.54) is 13.3 Å². The van der Waals surface area contributed by atoms with Crippen LogP contribution in [0.15, 0.2) is 30.6 Å². The second kappa shape index (κ2) is 7.98. The quantitative estimate of drug-likeness (QED) is 0.635. The van der Waals surface area contributed by atoms with Crippen LogP contribution in [0.2, 0.25) is 0 Å². The maximum Gasteiger partial charge on any atom is 0.221 e. The number of likely N-dealkylation sites (N-methyl/N-ethyl adjacent to an activating group) is 1. The second-order valence-electron chi connectivity index (χ2n) is 6.27. The molecule has 0 saturated carbocycles. The predicted octanol–water partition coefficient (Wildman–Crippen LogP) is 1.34. The molecule has 1 aromatic carbocycles. The van der Waals surface area contributed by atoms with Crippen molar-refractivity contribution in [3.8, 4) is 0 Å². The van der Waals surface area contributed by atoms with Crippen LogP contribution in [0, 0.1) is 0 Å². The van der Waals surface area contributed by atoms with E-state index in [1.807, 2.05) is 24.3 Å². The number of nitrogens with one attached hydrogen (secondary N) is 3. The van der Waals surface area contributed by atoms with Crippen LogP contribution in [-0.4, -0.2) is 59.0 Å². The molecule has 138 valence electrons. The Bertz CT molecular complexity index is 756. The number of nitrogens with two attached hydrogens (primary N) is 1. The summed E-state index contributed by atoms with van der Waals surface area (Å²) in [6, 6.07) is 7.32. The molecule has 0 bridgehead atoms. The first kappa shape index (κ1) is 17.9. The summed E-state index contributed by atoms with van der Waals surface area (Å²) in [4.78, 5) is 21.8. The van der Waals surface area contributed by atoms with Crippen molar-refractivity contribution in [2.45, 2.75) is 6.92 Å². The minimum Gasteiger partial charge on any atom is -0.393 e. The van der Waals surface area contributed by atoms with Crippen LogP contribution in [0.1, 0.15) is 6.92 Å². The van der Waals surface area contributed by atoms with Gasteiger partial charge in [0.15, 0.2) is 11.6 Å².